The van der Waals surface area contributed by atoms with Crippen LogP contribution in [0.3, 0.4) is 0 Å². The molecule has 0 radical (unpaired) electrons. The van der Waals surface area contributed by atoms with Gasteiger partial charge < -0.3 is 10.3 Å². The van der Waals surface area contributed by atoms with Crippen LogP contribution in [0.5, 0.6) is 0 Å². The molecule has 0 amide bonds. The fourth-order valence-corrected chi connectivity index (χ4v) is 3.83. The molecule has 1 saturated heterocycles. The summed E-state index contributed by atoms with van der Waals surface area (Å²) in [5, 5.41) is 0.114. The third-order valence-electron chi connectivity index (χ3n) is 3.31. The van der Waals surface area contributed by atoms with Crippen molar-refractivity contribution in [2.75, 3.05) is 13.1 Å². The zero-order chi connectivity index (χ0) is 13.4. The fraction of sp³-hybridized carbons (Fsp3) is 0.727. The Morgan fingerprint density at radius 2 is 2.11 bits per heavy atom. The highest BCUT2D eigenvalue weighted by Crippen LogP contribution is 2.28. The Balaban J connectivity index is 2.10. The molecule has 18 heavy (non-hydrogen) atoms. The first-order chi connectivity index (χ1) is 8.41. The molecule has 1 fully saturated rings. The highest BCUT2D eigenvalue weighted by Gasteiger charge is 2.45. The average molecular weight is 272 g/mol. The number of hydrogen-bond donors (Lipinski definition) is 1. The summed E-state index contributed by atoms with van der Waals surface area (Å²) in [6, 6.07) is 0. The first-order valence-electron chi connectivity index (χ1n) is 6.22. The SMILES string of the molecule is CCCC1(N)CN(S(=O)(=O)c2cn(CC)cn2)C1. The van der Waals surface area contributed by atoms with Crippen molar-refractivity contribution in [3.63, 3.8) is 0 Å². The lowest BCUT2D eigenvalue weighted by Crippen LogP contribution is -2.68. The first kappa shape index (κ1) is 13.5. The van der Waals surface area contributed by atoms with Crippen LogP contribution in [0.2, 0.25) is 0 Å². The molecule has 7 heteroatoms. The lowest BCUT2D eigenvalue weighted by atomic mass is 9.89. The third-order valence-corrected chi connectivity index (χ3v) is 4.99. The van der Waals surface area contributed by atoms with Gasteiger partial charge in [-0.15, -0.1) is 0 Å². The molecule has 1 aromatic heterocycles. The molecule has 1 aliphatic heterocycles. The van der Waals surface area contributed by atoms with E-state index in [0.717, 1.165) is 12.8 Å². The lowest BCUT2D eigenvalue weighted by molar-refractivity contribution is 0.146. The fourth-order valence-electron chi connectivity index (χ4n) is 2.26. The number of nitrogens with zero attached hydrogens (tertiary/aromatic N) is 3. The molecule has 0 aliphatic carbocycles. The highest BCUT2D eigenvalue weighted by molar-refractivity contribution is 7.89. The summed E-state index contributed by atoms with van der Waals surface area (Å²) in [4.78, 5) is 3.95. The summed E-state index contributed by atoms with van der Waals surface area (Å²) < 4.78 is 27.6. The van der Waals surface area contributed by atoms with Crippen LogP contribution in [0.25, 0.3) is 0 Å². The topological polar surface area (TPSA) is 81.2 Å². The third kappa shape index (κ3) is 2.30. The van der Waals surface area contributed by atoms with Gasteiger partial charge >= 0.3 is 0 Å². The van der Waals surface area contributed by atoms with Gasteiger partial charge in [0.25, 0.3) is 10.0 Å². The molecule has 0 atom stereocenters. The minimum absolute atomic E-state index is 0.114. The van der Waals surface area contributed by atoms with Crippen molar-refractivity contribution in [3.05, 3.63) is 12.5 Å². The van der Waals surface area contributed by atoms with E-state index in [1.807, 2.05) is 6.92 Å². The number of rotatable bonds is 5. The second kappa shape index (κ2) is 4.64. The first-order valence-corrected chi connectivity index (χ1v) is 7.66. The van der Waals surface area contributed by atoms with Crippen LogP contribution in [0.1, 0.15) is 26.7 Å². The van der Waals surface area contributed by atoms with E-state index in [2.05, 4.69) is 11.9 Å². The molecule has 1 aliphatic rings. The van der Waals surface area contributed by atoms with Gasteiger partial charge in [-0.1, -0.05) is 13.3 Å². The Morgan fingerprint density at radius 1 is 1.44 bits per heavy atom. The van der Waals surface area contributed by atoms with Crippen LogP contribution >= 0.6 is 0 Å². The van der Waals surface area contributed by atoms with Gasteiger partial charge in [-0.2, -0.15) is 4.31 Å². The van der Waals surface area contributed by atoms with Gasteiger partial charge in [0.05, 0.1) is 6.33 Å². The number of nitrogens with two attached hydrogens (primary N) is 1. The van der Waals surface area contributed by atoms with E-state index < -0.39 is 10.0 Å². The summed E-state index contributed by atoms with van der Waals surface area (Å²) in [7, 11) is -3.46. The second-order valence-electron chi connectivity index (χ2n) is 4.93. The average Bonchev–Trinajstić information content (AvgIpc) is 2.75. The van der Waals surface area contributed by atoms with E-state index in [1.54, 1.807) is 10.8 Å². The van der Waals surface area contributed by atoms with Crippen LogP contribution in [-0.2, 0) is 16.6 Å². The minimum atomic E-state index is -3.46. The van der Waals surface area contributed by atoms with Crippen molar-refractivity contribution in [3.8, 4) is 0 Å². The zero-order valence-corrected chi connectivity index (χ0v) is 11.7. The van der Waals surface area contributed by atoms with Gasteiger partial charge in [-0.3, -0.25) is 0 Å². The molecule has 0 saturated carbocycles. The van der Waals surface area contributed by atoms with E-state index in [1.165, 1.54) is 10.6 Å². The van der Waals surface area contributed by atoms with Crippen molar-refractivity contribution >= 4 is 10.0 Å². The molecule has 102 valence electrons. The maximum absolute atomic E-state index is 12.2. The van der Waals surface area contributed by atoms with Gasteiger partial charge in [0.2, 0.25) is 0 Å². The summed E-state index contributed by atoms with van der Waals surface area (Å²) in [5.74, 6) is 0. The highest BCUT2D eigenvalue weighted by atomic mass is 32.2. The monoisotopic (exact) mass is 272 g/mol. The van der Waals surface area contributed by atoms with Crippen LogP contribution in [-0.4, -0.2) is 40.9 Å². The normalized spacial score (nSPS) is 19.7. The Morgan fingerprint density at radius 3 is 2.61 bits per heavy atom. The predicted octanol–water partition coefficient (Wildman–Crippen LogP) is 0.405. The number of imidazole rings is 1. The van der Waals surface area contributed by atoms with Crippen molar-refractivity contribution < 1.29 is 8.42 Å². The van der Waals surface area contributed by atoms with Crippen LogP contribution in [0.4, 0.5) is 0 Å². The lowest BCUT2D eigenvalue weighted by Gasteiger charge is -2.46. The number of sulfonamides is 1. The Hall–Kier alpha value is -0.920. The summed E-state index contributed by atoms with van der Waals surface area (Å²) in [6.45, 7) is 5.48. The van der Waals surface area contributed by atoms with Crippen LogP contribution in [0.15, 0.2) is 17.6 Å². The quantitative estimate of drug-likeness (QED) is 0.841. The largest absolute Gasteiger partial charge is 0.336 e. The van der Waals surface area contributed by atoms with Gasteiger partial charge in [0.1, 0.15) is 0 Å². The molecule has 6 nitrogen and oxygen atoms in total. The summed E-state index contributed by atoms with van der Waals surface area (Å²) >= 11 is 0. The predicted molar refractivity (Wildman–Crippen MR) is 68.5 cm³/mol. The van der Waals surface area contributed by atoms with Crippen molar-refractivity contribution in [1.82, 2.24) is 13.9 Å². The molecule has 0 aromatic carbocycles. The minimum Gasteiger partial charge on any atom is -0.336 e. The van der Waals surface area contributed by atoms with E-state index >= 15 is 0 Å². The Bertz CT molecular complexity index is 517. The summed E-state index contributed by atoms with van der Waals surface area (Å²) in [6.07, 6.45) is 4.91. The number of aromatic nitrogens is 2. The van der Waals surface area contributed by atoms with E-state index in [-0.39, 0.29) is 10.6 Å². The molecule has 0 spiro atoms. The van der Waals surface area contributed by atoms with Crippen molar-refractivity contribution in [2.45, 2.75) is 43.8 Å². The second-order valence-corrected chi connectivity index (χ2v) is 6.81. The van der Waals surface area contributed by atoms with Crippen LogP contribution in [0, 0.1) is 0 Å². The molecule has 2 heterocycles. The number of hydrogen-bond acceptors (Lipinski definition) is 4. The Kier molecular flexibility index (Phi) is 3.48. The van der Waals surface area contributed by atoms with Crippen LogP contribution < -0.4 is 5.73 Å². The number of aryl methyl sites for hydroxylation is 1. The van der Waals surface area contributed by atoms with Crippen molar-refractivity contribution in [1.29, 1.82) is 0 Å². The van der Waals surface area contributed by atoms with Gasteiger partial charge in [-0.05, 0) is 13.3 Å². The smallest absolute Gasteiger partial charge is 0.262 e. The zero-order valence-electron chi connectivity index (χ0n) is 10.8. The van der Waals surface area contributed by atoms with Gasteiger partial charge in [-0.25, -0.2) is 13.4 Å². The molecular weight excluding hydrogens is 252 g/mol. The van der Waals surface area contributed by atoms with E-state index in [9.17, 15) is 8.42 Å². The maximum Gasteiger partial charge on any atom is 0.262 e. The Labute approximate surface area is 108 Å². The molecule has 2 rings (SSSR count). The molecule has 1 aromatic rings. The van der Waals surface area contributed by atoms with Gasteiger partial charge in [0, 0.05) is 31.4 Å². The molecule has 0 unspecified atom stereocenters. The maximum atomic E-state index is 12.2. The van der Waals surface area contributed by atoms with E-state index in [4.69, 9.17) is 5.73 Å². The standard InChI is InChI=1S/C11H20N4O2S/c1-3-5-11(12)7-15(8-11)18(16,17)10-6-14(4-2)9-13-10/h6,9H,3-5,7-8,12H2,1-2H3. The molecular formula is C11H20N4O2S. The summed E-state index contributed by atoms with van der Waals surface area (Å²) in [5.41, 5.74) is 5.73. The molecule has 0 bridgehead atoms. The van der Waals surface area contributed by atoms with Crippen molar-refractivity contribution in [2.24, 2.45) is 5.73 Å². The molecule has 2 N–H and O–H groups in total. The van der Waals surface area contributed by atoms with Gasteiger partial charge in [0.15, 0.2) is 5.03 Å². The van der Waals surface area contributed by atoms with E-state index in [0.29, 0.717) is 19.6 Å².